The summed E-state index contributed by atoms with van der Waals surface area (Å²) in [6.45, 7) is 7.27. The molecule has 0 amide bonds. The van der Waals surface area contributed by atoms with Crippen LogP contribution >= 0.6 is 0 Å². The fourth-order valence-corrected chi connectivity index (χ4v) is 3.91. The van der Waals surface area contributed by atoms with Crippen molar-refractivity contribution in [3.05, 3.63) is 48.2 Å². The number of nitrogens with zero attached hydrogens (tertiary/aromatic N) is 4. The molecule has 1 N–H and O–H groups in total. The van der Waals surface area contributed by atoms with Gasteiger partial charge in [-0.15, -0.1) is 0 Å². The van der Waals surface area contributed by atoms with Crippen LogP contribution in [0.25, 0.3) is 22.6 Å². The third-order valence-corrected chi connectivity index (χ3v) is 5.60. The first kappa shape index (κ1) is 20.1. The van der Waals surface area contributed by atoms with Gasteiger partial charge < -0.3 is 19.4 Å². The summed E-state index contributed by atoms with van der Waals surface area (Å²) in [4.78, 5) is 19.6. The predicted molar refractivity (Wildman–Crippen MR) is 115 cm³/mol. The first-order valence-corrected chi connectivity index (χ1v) is 10.7. The standard InChI is InChI=1S/C23H26FN5O2/c1-23(2)13-30-21(31-14-23)20-27-18(15-5-7-16(24)8-6-15)19(28-20)17-9-10-25-22(26-17)29-11-3-4-12-29/h5-10,21H,3-4,11-14H2,1-2H3,(H,27,28). The molecule has 2 saturated heterocycles. The maximum Gasteiger partial charge on any atom is 0.225 e. The van der Waals surface area contributed by atoms with E-state index >= 15 is 0 Å². The number of anilines is 1. The molecule has 2 aromatic heterocycles. The summed E-state index contributed by atoms with van der Waals surface area (Å²) in [5.74, 6) is 0.995. The Balaban J connectivity index is 1.54. The number of hydrogen-bond donors (Lipinski definition) is 1. The number of H-pyrrole nitrogens is 1. The highest BCUT2D eigenvalue weighted by Gasteiger charge is 2.32. The minimum absolute atomic E-state index is 0.0387. The first-order valence-electron chi connectivity index (χ1n) is 10.7. The number of benzene rings is 1. The summed E-state index contributed by atoms with van der Waals surface area (Å²) < 4.78 is 25.4. The summed E-state index contributed by atoms with van der Waals surface area (Å²) in [7, 11) is 0. The highest BCUT2D eigenvalue weighted by atomic mass is 19.1. The molecular weight excluding hydrogens is 397 g/mol. The van der Waals surface area contributed by atoms with Gasteiger partial charge in [-0.05, 0) is 43.2 Å². The third kappa shape index (κ3) is 4.18. The summed E-state index contributed by atoms with van der Waals surface area (Å²) in [6, 6.07) is 8.15. The van der Waals surface area contributed by atoms with Gasteiger partial charge in [0.25, 0.3) is 0 Å². The lowest BCUT2D eigenvalue weighted by atomic mass is 9.96. The SMILES string of the molecule is CC1(C)COC(c2nc(-c3ccc(F)cc3)c(-c3ccnc(N4CCCC4)n3)[nH]2)OC1. The summed E-state index contributed by atoms with van der Waals surface area (Å²) >= 11 is 0. The molecule has 0 unspecified atom stereocenters. The van der Waals surface area contributed by atoms with Crippen LogP contribution in [0.15, 0.2) is 36.5 Å². The number of ether oxygens (including phenoxy) is 2. The average Bonchev–Trinajstić information content (AvgIpc) is 3.45. The van der Waals surface area contributed by atoms with E-state index in [-0.39, 0.29) is 11.2 Å². The van der Waals surface area contributed by atoms with Crippen LogP contribution in [-0.4, -0.2) is 46.2 Å². The van der Waals surface area contributed by atoms with Gasteiger partial charge in [0.15, 0.2) is 5.82 Å². The lowest BCUT2D eigenvalue weighted by Crippen LogP contribution is -2.34. The van der Waals surface area contributed by atoms with Crippen molar-refractivity contribution in [2.24, 2.45) is 5.41 Å². The molecule has 0 saturated carbocycles. The van der Waals surface area contributed by atoms with E-state index in [0.29, 0.717) is 30.7 Å². The molecule has 5 rings (SSSR count). The fraction of sp³-hybridized carbons (Fsp3) is 0.435. The van der Waals surface area contributed by atoms with Crippen molar-refractivity contribution >= 4 is 5.95 Å². The maximum atomic E-state index is 13.5. The maximum absolute atomic E-state index is 13.5. The number of halogens is 1. The molecule has 1 aromatic carbocycles. The lowest BCUT2D eigenvalue weighted by Gasteiger charge is -2.33. The number of aromatic nitrogens is 4. The van der Waals surface area contributed by atoms with Gasteiger partial charge in [-0.25, -0.2) is 19.3 Å². The van der Waals surface area contributed by atoms with E-state index in [1.165, 1.54) is 12.1 Å². The third-order valence-electron chi connectivity index (χ3n) is 5.60. The molecule has 7 nitrogen and oxygen atoms in total. The summed E-state index contributed by atoms with van der Waals surface area (Å²) in [6.07, 6.45) is 3.48. The van der Waals surface area contributed by atoms with Gasteiger partial charge in [-0.1, -0.05) is 13.8 Å². The van der Waals surface area contributed by atoms with Gasteiger partial charge in [0.2, 0.25) is 12.2 Å². The van der Waals surface area contributed by atoms with E-state index in [9.17, 15) is 4.39 Å². The first-order chi connectivity index (χ1) is 15.0. The molecule has 0 bridgehead atoms. The highest BCUT2D eigenvalue weighted by molar-refractivity contribution is 5.77. The molecule has 31 heavy (non-hydrogen) atoms. The molecular formula is C23H26FN5O2. The Labute approximate surface area is 180 Å². The number of hydrogen-bond acceptors (Lipinski definition) is 6. The molecule has 162 valence electrons. The molecule has 4 heterocycles. The number of aromatic amines is 1. The molecule has 2 fully saturated rings. The largest absolute Gasteiger partial charge is 0.345 e. The normalized spacial score (nSPS) is 19.1. The zero-order valence-corrected chi connectivity index (χ0v) is 17.8. The molecule has 0 atom stereocenters. The van der Waals surface area contributed by atoms with Crippen LogP contribution in [0.2, 0.25) is 0 Å². The number of nitrogens with one attached hydrogen (secondary N) is 1. The second-order valence-electron chi connectivity index (χ2n) is 8.91. The fourth-order valence-electron chi connectivity index (χ4n) is 3.91. The van der Waals surface area contributed by atoms with Gasteiger partial charge in [0.05, 0.1) is 30.3 Å². The Morgan fingerprint density at radius 2 is 1.74 bits per heavy atom. The van der Waals surface area contributed by atoms with Gasteiger partial charge in [-0.3, -0.25) is 0 Å². The van der Waals surface area contributed by atoms with E-state index in [0.717, 1.165) is 42.9 Å². The second-order valence-corrected chi connectivity index (χ2v) is 8.91. The minimum atomic E-state index is -0.583. The van der Waals surface area contributed by atoms with Gasteiger partial charge in [-0.2, -0.15) is 0 Å². The van der Waals surface area contributed by atoms with Crippen molar-refractivity contribution < 1.29 is 13.9 Å². The van der Waals surface area contributed by atoms with Crippen molar-refractivity contribution in [1.29, 1.82) is 0 Å². The molecule has 3 aromatic rings. The molecule has 0 aliphatic carbocycles. The zero-order chi connectivity index (χ0) is 21.4. The van der Waals surface area contributed by atoms with E-state index in [4.69, 9.17) is 19.4 Å². The van der Waals surface area contributed by atoms with Crippen LogP contribution < -0.4 is 4.90 Å². The second kappa shape index (κ2) is 8.01. The Morgan fingerprint density at radius 3 is 2.45 bits per heavy atom. The molecule has 2 aliphatic rings. The van der Waals surface area contributed by atoms with E-state index in [2.05, 4.69) is 28.7 Å². The Morgan fingerprint density at radius 1 is 1.03 bits per heavy atom. The quantitative estimate of drug-likeness (QED) is 0.673. The Bertz CT molecular complexity index is 1050. The van der Waals surface area contributed by atoms with Crippen LogP contribution in [-0.2, 0) is 9.47 Å². The number of rotatable bonds is 4. The van der Waals surface area contributed by atoms with Crippen molar-refractivity contribution in [3.63, 3.8) is 0 Å². The lowest BCUT2D eigenvalue weighted by molar-refractivity contribution is -0.229. The van der Waals surface area contributed by atoms with Crippen molar-refractivity contribution in [2.45, 2.75) is 33.0 Å². The summed E-state index contributed by atoms with van der Waals surface area (Å²) in [5.41, 5.74) is 2.89. The van der Waals surface area contributed by atoms with Crippen molar-refractivity contribution in [1.82, 2.24) is 19.9 Å². The van der Waals surface area contributed by atoms with Crippen LogP contribution in [0.4, 0.5) is 10.3 Å². The van der Waals surface area contributed by atoms with Crippen molar-refractivity contribution in [3.8, 4) is 22.6 Å². The van der Waals surface area contributed by atoms with E-state index < -0.39 is 6.29 Å². The van der Waals surface area contributed by atoms with Gasteiger partial charge in [0.1, 0.15) is 5.82 Å². The summed E-state index contributed by atoms with van der Waals surface area (Å²) in [5, 5.41) is 0. The molecule has 0 spiro atoms. The highest BCUT2D eigenvalue weighted by Crippen LogP contribution is 2.35. The Kier molecular flexibility index (Phi) is 5.19. The molecule has 8 heteroatoms. The smallest absolute Gasteiger partial charge is 0.225 e. The van der Waals surface area contributed by atoms with Gasteiger partial charge >= 0.3 is 0 Å². The topological polar surface area (TPSA) is 76.2 Å². The Hall–Kier alpha value is -2.84. The van der Waals surface area contributed by atoms with Gasteiger partial charge in [0, 0.05) is 30.3 Å². The van der Waals surface area contributed by atoms with Crippen LogP contribution in [0.3, 0.4) is 0 Å². The van der Waals surface area contributed by atoms with E-state index in [1.807, 2.05) is 6.07 Å². The minimum Gasteiger partial charge on any atom is -0.345 e. The van der Waals surface area contributed by atoms with Crippen LogP contribution in [0.1, 0.15) is 38.8 Å². The zero-order valence-electron chi connectivity index (χ0n) is 17.8. The van der Waals surface area contributed by atoms with Crippen LogP contribution in [0, 0.1) is 11.2 Å². The number of imidazole rings is 1. The molecule has 0 radical (unpaired) electrons. The molecule has 2 aliphatic heterocycles. The van der Waals surface area contributed by atoms with E-state index in [1.54, 1.807) is 18.3 Å². The van der Waals surface area contributed by atoms with Crippen LogP contribution in [0.5, 0.6) is 0 Å². The monoisotopic (exact) mass is 423 g/mol. The predicted octanol–water partition coefficient (Wildman–Crippen LogP) is 4.34. The average molecular weight is 423 g/mol. The van der Waals surface area contributed by atoms with Crippen molar-refractivity contribution in [2.75, 3.05) is 31.2 Å².